The maximum atomic E-state index is 9.43. The number of amides is 1. The fourth-order valence-corrected chi connectivity index (χ4v) is 0. The van der Waals surface area contributed by atoms with Gasteiger partial charge < -0.3 is 15.1 Å². The van der Waals surface area contributed by atoms with E-state index in [1.165, 1.54) is 4.90 Å². The van der Waals surface area contributed by atoms with E-state index in [1.54, 1.807) is 14.1 Å². The quantitative estimate of drug-likeness (QED) is 0.509. The number of hydrogen-bond donors (Lipinski definition) is 2. The van der Waals surface area contributed by atoms with Crippen LogP contribution < -0.4 is 0 Å². The molecule has 0 unspecified atom stereocenters. The Morgan fingerprint density at radius 1 is 1.36 bits per heavy atom. The number of carboxylic acid groups (broad SMARTS) is 1. The molecule has 0 aromatic rings. The molecule has 0 saturated heterocycles. The molecule has 0 aromatic heterocycles. The molecule has 0 aliphatic heterocycles. The first-order chi connectivity index (χ1) is 5.00. The highest BCUT2D eigenvalue weighted by Gasteiger charge is 1.68. The molecule has 0 spiro atoms. The molecule has 0 atom stereocenters. The van der Waals surface area contributed by atoms with Gasteiger partial charge in [0.1, 0.15) is 0 Å². The van der Waals surface area contributed by atoms with Crippen molar-refractivity contribution in [3.63, 3.8) is 0 Å². The third-order valence-corrected chi connectivity index (χ3v) is 0.211. The number of aliphatic carboxylic acids is 1. The highest BCUT2D eigenvalue weighted by atomic mass is 16.4. The molecular formula is C6H15NO4. The molecule has 68 valence electrons. The molecule has 0 bridgehead atoms. The number of nitrogens with zero attached hydrogens (tertiary/aromatic N) is 1. The van der Waals surface area contributed by atoms with E-state index in [-0.39, 0.29) is 0 Å². The SMILES string of the molecule is CC(=O)O.CN(C)C=O.CO. The fraction of sp³-hybridized carbons (Fsp3) is 0.667. The van der Waals surface area contributed by atoms with Gasteiger partial charge in [-0.25, -0.2) is 0 Å². The van der Waals surface area contributed by atoms with Gasteiger partial charge in [0, 0.05) is 28.1 Å². The third-order valence-electron chi connectivity index (χ3n) is 0.211. The number of carbonyl (C=O) groups excluding carboxylic acids is 1. The highest BCUT2D eigenvalue weighted by Crippen LogP contribution is 1.52. The minimum absolute atomic E-state index is 0.750. The molecule has 1 amide bonds. The minimum atomic E-state index is -0.833. The summed E-state index contributed by atoms with van der Waals surface area (Å²) in [5.41, 5.74) is 0. The Bertz CT molecular complexity index is 88.6. The predicted molar refractivity (Wildman–Crippen MR) is 41.2 cm³/mol. The first kappa shape index (κ1) is 16.5. The minimum Gasteiger partial charge on any atom is -0.481 e. The van der Waals surface area contributed by atoms with Gasteiger partial charge in [-0.15, -0.1) is 0 Å². The van der Waals surface area contributed by atoms with Crippen molar-refractivity contribution >= 4 is 12.4 Å². The largest absolute Gasteiger partial charge is 0.481 e. The van der Waals surface area contributed by atoms with Crippen molar-refractivity contribution in [2.24, 2.45) is 0 Å². The van der Waals surface area contributed by atoms with Crippen LogP contribution >= 0.6 is 0 Å². The number of rotatable bonds is 1. The molecule has 0 aromatic carbocycles. The van der Waals surface area contributed by atoms with Gasteiger partial charge in [0.05, 0.1) is 0 Å². The maximum Gasteiger partial charge on any atom is 0.300 e. The smallest absolute Gasteiger partial charge is 0.300 e. The van der Waals surface area contributed by atoms with Crippen LogP contribution in [-0.2, 0) is 9.59 Å². The number of carboxylic acids is 1. The zero-order valence-electron chi connectivity index (χ0n) is 7.24. The summed E-state index contributed by atoms with van der Waals surface area (Å²) in [6, 6.07) is 0. The third kappa shape index (κ3) is 523. The second-order valence-electron chi connectivity index (χ2n) is 1.59. The lowest BCUT2D eigenvalue weighted by Crippen LogP contribution is -2.06. The van der Waals surface area contributed by atoms with Crippen molar-refractivity contribution in [3.05, 3.63) is 0 Å². The van der Waals surface area contributed by atoms with E-state index < -0.39 is 5.97 Å². The molecule has 0 radical (unpaired) electrons. The summed E-state index contributed by atoms with van der Waals surface area (Å²) in [5.74, 6) is -0.833. The lowest BCUT2D eigenvalue weighted by atomic mass is 10.9. The van der Waals surface area contributed by atoms with E-state index >= 15 is 0 Å². The van der Waals surface area contributed by atoms with Crippen LogP contribution in [0.25, 0.3) is 0 Å². The van der Waals surface area contributed by atoms with Crippen LogP contribution in [0.5, 0.6) is 0 Å². The summed E-state index contributed by atoms with van der Waals surface area (Å²) in [5, 5.41) is 14.4. The van der Waals surface area contributed by atoms with E-state index in [9.17, 15) is 4.79 Å². The molecule has 0 heterocycles. The summed E-state index contributed by atoms with van der Waals surface area (Å²) in [4.78, 5) is 19.9. The van der Waals surface area contributed by atoms with Crippen LogP contribution in [-0.4, -0.2) is 48.7 Å². The monoisotopic (exact) mass is 165 g/mol. The van der Waals surface area contributed by atoms with E-state index in [0.717, 1.165) is 20.4 Å². The summed E-state index contributed by atoms with van der Waals surface area (Å²) in [6.45, 7) is 1.08. The zero-order valence-corrected chi connectivity index (χ0v) is 7.24. The van der Waals surface area contributed by atoms with E-state index in [1.807, 2.05) is 0 Å². The second kappa shape index (κ2) is 16.0. The molecule has 0 saturated carbocycles. The first-order valence-electron chi connectivity index (χ1n) is 2.76. The summed E-state index contributed by atoms with van der Waals surface area (Å²) < 4.78 is 0. The average Bonchev–Trinajstić information content (AvgIpc) is 1.91. The average molecular weight is 165 g/mol. The molecule has 5 nitrogen and oxygen atoms in total. The van der Waals surface area contributed by atoms with Crippen LogP contribution in [0.1, 0.15) is 6.92 Å². The van der Waals surface area contributed by atoms with E-state index in [4.69, 9.17) is 15.0 Å². The van der Waals surface area contributed by atoms with Gasteiger partial charge in [-0.2, -0.15) is 0 Å². The van der Waals surface area contributed by atoms with E-state index in [0.29, 0.717) is 0 Å². The zero-order chi connectivity index (χ0) is 9.86. The van der Waals surface area contributed by atoms with Crippen molar-refractivity contribution in [2.75, 3.05) is 21.2 Å². The van der Waals surface area contributed by atoms with Crippen molar-refractivity contribution in [2.45, 2.75) is 6.92 Å². The molecule has 0 rings (SSSR count). The van der Waals surface area contributed by atoms with Gasteiger partial charge in [0.15, 0.2) is 0 Å². The van der Waals surface area contributed by atoms with Gasteiger partial charge in [-0.3, -0.25) is 9.59 Å². The lowest BCUT2D eigenvalue weighted by Gasteiger charge is -1.93. The molecule has 5 heteroatoms. The second-order valence-corrected chi connectivity index (χ2v) is 1.59. The standard InChI is InChI=1S/C3H7NO.C2H4O2.CH4O/c1-4(2)3-5;1-2(3)4;1-2/h3H,1-2H3;1H3,(H,3,4);2H,1H3. The van der Waals surface area contributed by atoms with Gasteiger partial charge in [0.2, 0.25) is 6.41 Å². The Kier molecular flexibility index (Phi) is 23.9. The Morgan fingerprint density at radius 2 is 1.45 bits per heavy atom. The number of aliphatic hydroxyl groups is 1. The molecule has 0 fully saturated rings. The Balaban J connectivity index is -0.0000000965. The fourth-order valence-electron chi connectivity index (χ4n) is 0. The molecule has 11 heavy (non-hydrogen) atoms. The molecule has 2 N–H and O–H groups in total. The van der Waals surface area contributed by atoms with Crippen LogP contribution in [0.2, 0.25) is 0 Å². The van der Waals surface area contributed by atoms with Crippen LogP contribution in [0.3, 0.4) is 0 Å². The number of hydrogen-bond acceptors (Lipinski definition) is 3. The van der Waals surface area contributed by atoms with Gasteiger partial charge in [-0.1, -0.05) is 0 Å². The number of aliphatic hydroxyl groups excluding tert-OH is 1. The normalized spacial score (nSPS) is 5.91. The van der Waals surface area contributed by atoms with Crippen molar-refractivity contribution < 1.29 is 19.8 Å². The van der Waals surface area contributed by atoms with Gasteiger partial charge in [-0.05, 0) is 0 Å². The van der Waals surface area contributed by atoms with Gasteiger partial charge >= 0.3 is 0 Å². The Hall–Kier alpha value is -1.10. The summed E-state index contributed by atoms with van der Waals surface area (Å²) in [6.07, 6.45) is 0.750. The highest BCUT2D eigenvalue weighted by molar-refractivity contribution is 5.62. The summed E-state index contributed by atoms with van der Waals surface area (Å²) >= 11 is 0. The summed E-state index contributed by atoms with van der Waals surface area (Å²) in [7, 11) is 4.38. The first-order valence-corrected chi connectivity index (χ1v) is 2.76. The van der Waals surface area contributed by atoms with Crippen molar-refractivity contribution in [1.82, 2.24) is 4.90 Å². The van der Waals surface area contributed by atoms with Gasteiger partial charge in [0.25, 0.3) is 5.97 Å². The molecule has 0 aliphatic rings. The Labute approximate surface area is 66.2 Å². The predicted octanol–water partition coefficient (Wildman–Crippen LogP) is -0.596. The van der Waals surface area contributed by atoms with Crippen molar-refractivity contribution in [3.8, 4) is 0 Å². The molecular weight excluding hydrogens is 150 g/mol. The van der Waals surface area contributed by atoms with Crippen molar-refractivity contribution in [1.29, 1.82) is 0 Å². The molecule has 0 aliphatic carbocycles. The van der Waals surface area contributed by atoms with Crippen LogP contribution in [0.4, 0.5) is 0 Å². The maximum absolute atomic E-state index is 9.43. The lowest BCUT2D eigenvalue weighted by molar-refractivity contribution is -0.134. The van der Waals surface area contributed by atoms with Crippen LogP contribution in [0, 0.1) is 0 Å². The topological polar surface area (TPSA) is 77.8 Å². The Morgan fingerprint density at radius 3 is 1.45 bits per heavy atom. The van der Waals surface area contributed by atoms with E-state index in [2.05, 4.69) is 0 Å². The number of carbonyl (C=O) groups is 2. The van der Waals surface area contributed by atoms with Crippen LogP contribution in [0.15, 0.2) is 0 Å².